The molecule has 0 aromatic heterocycles. The second-order valence-electron chi connectivity index (χ2n) is 5.26. The molecule has 21 heavy (non-hydrogen) atoms. The van der Waals surface area contributed by atoms with Crippen LogP contribution < -0.4 is 0 Å². The number of rotatable bonds is 12. The maximum Gasteiger partial charge on any atom is 0.223 e. The summed E-state index contributed by atoms with van der Waals surface area (Å²) in [6.45, 7) is 11.9. The van der Waals surface area contributed by atoms with Crippen molar-refractivity contribution < 1.29 is 9.59 Å². The summed E-state index contributed by atoms with van der Waals surface area (Å²) in [5, 5.41) is 0. The molecule has 0 bridgehead atoms. The summed E-state index contributed by atoms with van der Waals surface area (Å²) in [6, 6.07) is 0. The molecule has 0 saturated carbocycles. The molecule has 0 aliphatic heterocycles. The van der Waals surface area contributed by atoms with E-state index >= 15 is 0 Å². The Morgan fingerprint density at radius 2 is 1.00 bits per heavy atom. The van der Waals surface area contributed by atoms with Crippen molar-refractivity contribution in [2.24, 2.45) is 0 Å². The maximum atomic E-state index is 11.2. The minimum Gasteiger partial charge on any atom is -0.320 e. The summed E-state index contributed by atoms with van der Waals surface area (Å²) in [5.41, 5.74) is 0. The summed E-state index contributed by atoms with van der Waals surface area (Å²) >= 11 is 0. The summed E-state index contributed by atoms with van der Waals surface area (Å²) in [7, 11) is 0. The van der Waals surface area contributed by atoms with E-state index in [-0.39, 0.29) is 11.8 Å². The summed E-state index contributed by atoms with van der Waals surface area (Å²) in [5.74, 6) is 0.115. The Kier molecular flexibility index (Phi) is 11.3. The van der Waals surface area contributed by atoms with Gasteiger partial charge in [-0.1, -0.05) is 45.3 Å². The molecule has 4 heteroatoms. The van der Waals surface area contributed by atoms with Crippen LogP contribution in [0.2, 0.25) is 0 Å². The van der Waals surface area contributed by atoms with Gasteiger partial charge in [-0.15, -0.1) is 0 Å². The first-order chi connectivity index (χ1) is 10.0. The number of nitrogens with zero attached hydrogens (tertiary/aromatic N) is 2. The third-order valence-electron chi connectivity index (χ3n) is 3.55. The normalized spacial score (nSPS) is 10.0. The Labute approximate surface area is 129 Å². The number of hydrogen-bond donors (Lipinski definition) is 0. The second kappa shape index (κ2) is 12.2. The lowest BCUT2D eigenvalue weighted by Crippen LogP contribution is -2.23. The van der Waals surface area contributed by atoms with Crippen LogP contribution in [-0.4, -0.2) is 34.7 Å². The van der Waals surface area contributed by atoms with Gasteiger partial charge in [0.25, 0.3) is 0 Å². The van der Waals surface area contributed by atoms with E-state index in [1.54, 1.807) is 36.0 Å². The lowest BCUT2D eigenvalue weighted by atomic mass is 10.1. The third kappa shape index (κ3) is 9.88. The topological polar surface area (TPSA) is 40.6 Å². The van der Waals surface area contributed by atoms with Crippen LogP contribution in [0.1, 0.15) is 58.8 Å². The van der Waals surface area contributed by atoms with Gasteiger partial charge in [-0.05, 0) is 25.2 Å². The van der Waals surface area contributed by atoms with Crippen LogP contribution in [0.5, 0.6) is 0 Å². The zero-order chi connectivity index (χ0) is 16.1. The first kappa shape index (κ1) is 19.4. The minimum absolute atomic E-state index is 0.0576. The predicted molar refractivity (Wildman–Crippen MR) is 87.5 cm³/mol. The summed E-state index contributed by atoms with van der Waals surface area (Å²) in [6.07, 6.45) is 11.1. The zero-order valence-electron chi connectivity index (χ0n) is 13.6. The van der Waals surface area contributed by atoms with E-state index in [9.17, 15) is 9.59 Å². The highest BCUT2D eigenvalue weighted by atomic mass is 16.2. The van der Waals surface area contributed by atoms with Crippen molar-refractivity contribution in [2.75, 3.05) is 13.1 Å². The van der Waals surface area contributed by atoms with Crippen molar-refractivity contribution in [3.05, 3.63) is 25.6 Å². The second-order valence-corrected chi connectivity index (χ2v) is 5.26. The number of amides is 2. The first-order valence-corrected chi connectivity index (χ1v) is 7.82. The van der Waals surface area contributed by atoms with Crippen LogP contribution in [0.15, 0.2) is 25.6 Å². The minimum atomic E-state index is 0.0576. The molecule has 0 radical (unpaired) electrons. The van der Waals surface area contributed by atoms with Crippen molar-refractivity contribution in [1.82, 2.24) is 9.80 Å². The standard InChI is InChI=1S/C17H30N2O2/c1-5-18(16(3)20)14-12-10-8-7-9-11-13-15-19(6-2)17(4)21/h5-6H,1-2,7-15H2,3-4H3. The van der Waals surface area contributed by atoms with Crippen molar-refractivity contribution in [3.8, 4) is 0 Å². The van der Waals surface area contributed by atoms with E-state index < -0.39 is 0 Å². The van der Waals surface area contributed by atoms with Gasteiger partial charge in [-0.25, -0.2) is 0 Å². The predicted octanol–water partition coefficient (Wildman–Crippen LogP) is 3.70. The first-order valence-electron chi connectivity index (χ1n) is 7.82. The largest absolute Gasteiger partial charge is 0.320 e. The van der Waals surface area contributed by atoms with E-state index in [2.05, 4.69) is 13.2 Å². The molecular formula is C17H30N2O2. The highest BCUT2D eigenvalue weighted by Gasteiger charge is 2.04. The van der Waals surface area contributed by atoms with Gasteiger partial charge in [0.2, 0.25) is 11.8 Å². The lowest BCUT2D eigenvalue weighted by Gasteiger charge is -2.15. The van der Waals surface area contributed by atoms with E-state index in [1.807, 2.05) is 0 Å². The molecule has 0 aliphatic carbocycles. The Hall–Kier alpha value is -1.58. The zero-order valence-corrected chi connectivity index (χ0v) is 13.6. The van der Waals surface area contributed by atoms with E-state index in [0.29, 0.717) is 0 Å². The fraction of sp³-hybridized carbons (Fsp3) is 0.647. The van der Waals surface area contributed by atoms with Crippen LogP contribution in [0.3, 0.4) is 0 Å². The van der Waals surface area contributed by atoms with E-state index in [4.69, 9.17) is 0 Å². The third-order valence-corrected chi connectivity index (χ3v) is 3.55. The van der Waals surface area contributed by atoms with Gasteiger partial charge in [0.15, 0.2) is 0 Å². The van der Waals surface area contributed by atoms with E-state index in [1.165, 1.54) is 19.3 Å². The molecule has 0 unspecified atom stereocenters. The molecule has 0 N–H and O–H groups in total. The Balaban J connectivity index is 3.44. The van der Waals surface area contributed by atoms with Crippen LogP contribution in [0, 0.1) is 0 Å². The van der Waals surface area contributed by atoms with Gasteiger partial charge in [0.1, 0.15) is 0 Å². The Morgan fingerprint density at radius 3 is 1.24 bits per heavy atom. The molecule has 0 fully saturated rings. The van der Waals surface area contributed by atoms with Crippen molar-refractivity contribution >= 4 is 11.8 Å². The lowest BCUT2D eigenvalue weighted by molar-refractivity contribution is -0.127. The number of carbonyl (C=O) groups is 2. The monoisotopic (exact) mass is 294 g/mol. The van der Waals surface area contributed by atoms with Gasteiger partial charge in [-0.2, -0.15) is 0 Å². The Bertz CT molecular complexity index is 308. The van der Waals surface area contributed by atoms with E-state index in [0.717, 1.165) is 38.8 Å². The SMILES string of the molecule is C=CN(CCCCCCCCCN(C=C)C(C)=O)C(C)=O. The number of hydrogen-bond acceptors (Lipinski definition) is 2. The molecule has 4 nitrogen and oxygen atoms in total. The molecule has 2 amide bonds. The summed E-state index contributed by atoms with van der Waals surface area (Å²) in [4.78, 5) is 25.6. The van der Waals surface area contributed by atoms with Crippen LogP contribution >= 0.6 is 0 Å². The van der Waals surface area contributed by atoms with Crippen molar-refractivity contribution in [1.29, 1.82) is 0 Å². The van der Waals surface area contributed by atoms with Gasteiger partial charge >= 0.3 is 0 Å². The molecule has 0 spiro atoms. The average Bonchev–Trinajstić information content (AvgIpc) is 2.44. The summed E-state index contributed by atoms with van der Waals surface area (Å²) < 4.78 is 0. The van der Waals surface area contributed by atoms with Gasteiger partial charge in [0.05, 0.1) is 0 Å². The maximum absolute atomic E-state index is 11.2. The average molecular weight is 294 g/mol. The Morgan fingerprint density at radius 1 is 0.714 bits per heavy atom. The molecule has 120 valence electrons. The van der Waals surface area contributed by atoms with Gasteiger partial charge in [0, 0.05) is 26.9 Å². The molecule has 0 heterocycles. The quantitative estimate of drug-likeness (QED) is 0.515. The van der Waals surface area contributed by atoms with Crippen LogP contribution in [0.4, 0.5) is 0 Å². The fourth-order valence-corrected chi connectivity index (χ4v) is 2.20. The van der Waals surface area contributed by atoms with Crippen molar-refractivity contribution in [2.45, 2.75) is 58.8 Å². The number of carbonyl (C=O) groups excluding carboxylic acids is 2. The molecule has 0 aromatic rings. The van der Waals surface area contributed by atoms with Gasteiger partial charge in [-0.3, -0.25) is 9.59 Å². The molecule has 0 rings (SSSR count). The smallest absolute Gasteiger partial charge is 0.223 e. The molecule has 0 aromatic carbocycles. The molecule has 0 aliphatic rings. The van der Waals surface area contributed by atoms with Crippen LogP contribution in [-0.2, 0) is 9.59 Å². The molecule has 0 saturated heterocycles. The molecular weight excluding hydrogens is 264 g/mol. The van der Waals surface area contributed by atoms with Crippen molar-refractivity contribution in [3.63, 3.8) is 0 Å². The highest BCUT2D eigenvalue weighted by molar-refractivity contribution is 5.74. The van der Waals surface area contributed by atoms with Crippen LogP contribution in [0.25, 0.3) is 0 Å². The number of unbranched alkanes of at least 4 members (excludes halogenated alkanes) is 6. The highest BCUT2D eigenvalue weighted by Crippen LogP contribution is 2.09. The molecule has 0 atom stereocenters. The fourth-order valence-electron chi connectivity index (χ4n) is 2.20. The van der Waals surface area contributed by atoms with Gasteiger partial charge < -0.3 is 9.80 Å².